The summed E-state index contributed by atoms with van der Waals surface area (Å²) in [5.74, 6) is 0.884. The van der Waals surface area contributed by atoms with Gasteiger partial charge in [0, 0.05) is 57.4 Å². The highest BCUT2D eigenvalue weighted by Crippen LogP contribution is 2.21. The van der Waals surface area contributed by atoms with Crippen LogP contribution in [0.4, 0.5) is 0 Å². The van der Waals surface area contributed by atoms with Gasteiger partial charge in [-0.05, 0) is 0 Å². The predicted molar refractivity (Wildman–Crippen MR) is 92.8 cm³/mol. The number of hydrogen-bond donors (Lipinski definition) is 2. The van der Waals surface area contributed by atoms with E-state index in [1.54, 1.807) is 0 Å². The molecule has 10 heteroatoms. The third-order valence-electron chi connectivity index (χ3n) is 4.03. The molecule has 2 rings (SSSR count). The van der Waals surface area contributed by atoms with Crippen LogP contribution in [0.15, 0.2) is 0 Å². The van der Waals surface area contributed by atoms with E-state index in [0.29, 0.717) is 63.8 Å². The fourth-order valence-corrected chi connectivity index (χ4v) is 6.80. The Morgan fingerprint density at radius 2 is 1.17 bits per heavy atom. The van der Waals surface area contributed by atoms with Gasteiger partial charge in [-0.3, -0.25) is 0 Å². The van der Waals surface area contributed by atoms with Gasteiger partial charge in [0.2, 0.25) is 0 Å². The van der Waals surface area contributed by atoms with E-state index < -0.39 is 17.6 Å². The van der Waals surface area contributed by atoms with Crippen LogP contribution in [0.3, 0.4) is 0 Å². The Kier molecular flexibility index (Phi) is 7.80. The van der Waals surface area contributed by atoms with Crippen molar-refractivity contribution in [3.05, 3.63) is 0 Å². The topological polar surface area (TPSA) is 107 Å². The zero-order chi connectivity index (χ0) is 17.6. The molecule has 0 bridgehead atoms. The molecule has 0 saturated carbocycles. The first-order valence-electron chi connectivity index (χ1n) is 8.66. The van der Waals surface area contributed by atoms with E-state index in [4.69, 9.17) is 38.0 Å². The van der Waals surface area contributed by atoms with Crippen molar-refractivity contribution in [2.24, 2.45) is 29.2 Å². The van der Waals surface area contributed by atoms with E-state index in [0.717, 1.165) is 0 Å². The molecule has 0 atom stereocenters. The largest absolute Gasteiger partial charge is 0.515 e. The summed E-state index contributed by atoms with van der Waals surface area (Å²) in [6, 6.07) is 0. The summed E-state index contributed by atoms with van der Waals surface area (Å²) in [5, 5.41) is 0. The minimum atomic E-state index is -2.72. The Hall–Kier alpha value is 0.114. The molecule has 0 spiro atoms. The molecule has 0 amide bonds. The highest BCUT2D eigenvalue weighted by molar-refractivity contribution is 6.61. The molecule has 24 heavy (non-hydrogen) atoms. The van der Waals surface area contributed by atoms with E-state index in [2.05, 4.69) is 13.8 Å². The summed E-state index contributed by atoms with van der Waals surface area (Å²) in [6.45, 7) is 9.66. The first-order valence-corrected chi connectivity index (χ1v) is 12.5. The van der Waals surface area contributed by atoms with Crippen LogP contribution < -0.4 is 11.5 Å². The third kappa shape index (κ3) is 5.56. The standard InChI is InChI=1S/C14H32N2O6Si2/c1-12-4-17-23(10-15,18-5-12)21-8-14(3)9-22-24(11-16)19-6-13(2)7-20-24/h12-14H,4-11,15-16H2,1-3H3. The third-order valence-corrected chi connectivity index (χ3v) is 8.67. The summed E-state index contributed by atoms with van der Waals surface area (Å²) in [4.78, 5) is 0. The molecule has 2 heterocycles. The average Bonchev–Trinajstić information content (AvgIpc) is 2.62. The van der Waals surface area contributed by atoms with E-state index in [9.17, 15) is 0 Å². The normalized spacial score (nSPS) is 38.9. The molecule has 0 radical (unpaired) electrons. The van der Waals surface area contributed by atoms with Crippen molar-refractivity contribution < 1.29 is 26.6 Å². The molecule has 2 aliphatic heterocycles. The van der Waals surface area contributed by atoms with E-state index in [1.807, 2.05) is 6.92 Å². The maximum Gasteiger partial charge on any atom is 0.515 e. The highest BCUT2D eigenvalue weighted by atomic mass is 28.4. The Labute approximate surface area is 146 Å². The van der Waals surface area contributed by atoms with Gasteiger partial charge in [-0.2, -0.15) is 0 Å². The van der Waals surface area contributed by atoms with Crippen molar-refractivity contribution >= 4 is 17.6 Å². The minimum absolute atomic E-state index is 0.134. The molecule has 2 aliphatic rings. The average molecular weight is 381 g/mol. The summed E-state index contributed by atoms with van der Waals surface area (Å²) in [7, 11) is -5.44. The molecular weight excluding hydrogens is 348 g/mol. The van der Waals surface area contributed by atoms with Crippen molar-refractivity contribution in [1.29, 1.82) is 0 Å². The zero-order valence-corrected chi connectivity index (χ0v) is 17.0. The van der Waals surface area contributed by atoms with Gasteiger partial charge in [0.05, 0.1) is 12.3 Å². The van der Waals surface area contributed by atoms with Gasteiger partial charge in [0.1, 0.15) is 0 Å². The zero-order valence-electron chi connectivity index (χ0n) is 15.0. The van der Waals surface area contributed by atoms with Gasteiger partial charge < -0.3 is 38.0 Å². The summed E-state index contributed by atoms with van der Waals surface area (Å²) in [5.41, 5.74) is 11.6. The molecule has 0 unspecified atom stereocenters. The van der Waals surface area contributed by atoms with Crippen LogP contribution in [0.1, 0.15) is 20.8 Å². The number of rotatable bonds is 8. The monoisotopic (exact) mass is 380 g/mol. The Morgan fingerprint density at radius 3 is 1.46 bits per heavy atom. The van der Waals surface area contributed by atoms with E-state index in [-0.39, 0.29) is 5.92 Å². The lowest BCUT2D eigenvalue weighted by molar-refractivity contribution is -0.0255. The molecule has 142 valence electrons. The molecule has 8 nitrogen and oxygen atoms in total. The Morgan fingerprint density at radius 1 is 0.833 bits per heavy atom. The van der Waals surface area contributed by atoms with Crippen LogP contribution in [0.2, 0.25) is 0 Å². The molecule has 0 aromatic heterocycles. The molecule has 4 N–H and O–H groups in total. The maximum atomic E-state index is 5.95. The second-order valence-corrected chi connectivity index (χ2v) is 12.2. The Bertz CT molecular complexity index is 342. The van der Waals surface area contributed by atoms with Crippen molar-refractivity contribution in [1.82, 2.24) is 0 Å². The van der Waals surface area contributed by atoms with Crippen molar-refractivity contribution in [3.63, 3.8) is 0 Å². The molecular formula is C14H32N2O6Si2. The molecule has 2 fully saturated rings. The second kappa shape index (κ2) is 9.17. The van der Waals surface area contributed by atoms with Crippen LogP contribution in [-0.4, -0.2) is 69.6 Å². The minimum Gasteiger partial charge on any atom is -0.372 e. The van der Waals surface area contributed by atoms with Crippen molar-refractivity contribution in [2.45, 2.75) is 20.8 Å². The van der Waals surface area contributed by atoms with Gasteiger partial charge in [-0.15, -0.1) is 0 Å². The molecule has 0 aromatic rings. The van der Waals surface area contributed by atoms with Gasteiger partial charge in [-0.25, -0.2) is 0 Å². The highest BCUT2D eigenvalue weighted by Gasteiger charge is 2.45. The van der Waals surface area contributed by atoms with Gasteiger partial charge in [0.25, 0.3) is 0 Å². The van der Waals surface area contributed by atoms with Crippen LogP contribution >= 0.6 is 0 Å². The lowest BCUT2D eigenvalue weighted by atomic mass is 10.2. The molecule has 0 aliphatic carbocycles. The fraction of sp³-hybridized carbons (Fsp3) is 1.00. The van der Waals surface area contributed by atoms with Crippen LogP contribution in [0, 0.1) is 17.8 Å². The van der Waals surface area contributed by atoms with Crippen molar-refractivity contribution in [2.75, 3.05) is 52.0 Å². The van der Waals surface area contributed by atoms with Crippen LogP contribution in [-0.2, 0) is 26.6 Å². The summed E-state index contributed by atoms with van der Waals surface area (Å²) < 4.78 is 35.1. The SMILES string of the molecule is CC1CO[Si](CN)(OCC(C)CO[Si]2(CN)OCC(C)CO2)OC1. The molecule has 0 aromatic carbocycles. The van der Waals surface area contributed by atoms with Crippen LogP contribution in [0.5, 0.6) is 0 Å². The maximum absolute atomic E-state index is 5.95. The first-order chi connectivity index (χ1) is 11.4. The first kappa shape index (κ1) is 20.4. The summed E-state index contributed by atoms with van der Waals surface area (Å²) in [6.07, 6.45) is 0.581. The van der Waals surface area contributed by atoms with Crippen molar-refractivity contribution in [3.8, 4) is 0 Å². The fourth-order valence-electron chi connectivity index (χ4n) is 2.36. The van der Waals surface area contributed by atoms with Gasteiger partial charge in [-0.1, -0.05) is 20.8 Å². The van der Waals surface area contributed by atoms with Crippen LogP contribution in [0.25, 0.3) is 0 Å². The van der Waals surface area contributed by atoms with E-state index in [1.165, 1.54) is 0 Å². The number of nitrogens with two attached hydrogens (primary N) is 2. The lowest BCUT2D eigenvalue weighted by Gasteiger charge is -2.37. The quantitative estimate of drug-likeness (QED) is 0.562. The Balaban J connectivity index is 1.75. The van der Waals surface area contributed by atoms with Gasteiger partial charge >= 0.3 is 17.6 Å². The second-order valence-electron chi connectivity index (χ2n) is 6.96. The van der Waals surface area contributed by atoms with E-state index >= 15 is 0 Å². The van der Waals surface area contributed by atoms with Gasteiger partial charge in [0.15, 0.2) is 0 Å². The predicted octanol–water partition coefficient (Wildman–Crippen LogP) is -0.105. The smallest absolute Gasteiger partial charge is 0.372 e. The summed E-state index contributed by atoms with van der Waals surface area (Å²) >= 11 is 0. The lowest BCUT2D eigenvalue weighted by Crippen LogP contribution is -2.58. The molecule has 2 saturated heterocycles. The number of hydrogen-bond acceptors (Lipinski definition) is 8.